The number of aliphatic carboxylic acids is 1. The molecule has 1 fully saturated rings. The number of benzene rings is 1. The van der Waals surface area contributed by atoms with Crippen LogP contribution in [0.5, 0.6) is 0 Å². The molecular weight excluding hydrogens is 400 g/mol. The third-order valence-electron chi connectivity index (χ3n) is 6.08. The van der Waals surface area contributed by atoms with Gasteiger partial charge in [0.05, 0.1) is 17.7 Å². The van der Waals surface area contributed by atoms with Gasteiger partial charge >= 0.3 is 5.97 Å². The molecule has 160 valence electrons. The maximum Gasteiger partial charge on any atom is 0.306 e. The summed E-state index contributed by atoms with van der Waals surface area (Å²) in [5, 5.41) is 24.0. The van der Waals surface area contributed by atoms with Gasteiger partial charge in [0.1, 0.15) is 5.03 Å². The van der Waals surface area contributed by atoms with Gasteiger partial charge in [-0.15, -0.1) is 0 Å². The molecular formula is C22H28N4O3S. The lowest BCUT2D eigenvalue weighted by molar-refractivity contribution is -0.141. The van der Waals surface area contributed by atoms with E-state index in [1.54, 1.807) is 31.1 Å². The fourth-order valence-electron chi connectivity index (χ4n) is 4.08. The summed E-state index contributed by atoms with van der Waals surface area (Å²) in [5.41, 5.74) is 1.85. The Kier molecular flexibility index (Phi) is 6.55. The molecule has 0 bridgehead atoms. The minimum Gasteiger partial charge on any atom is -0.481 e. The van der Waals surface area contributed by atoms with E-state index in [2.05, 4.69) is 20.2 Å². The molecule has 0 spiro atoms. The van der Waals surface area contributed by atoms with Crippen LogP contribution in [0.15, 0.2) is 40.5 Å². The molecule has 1 saturated heterocycles. The first-order valence-electron chi connectivity index (χ1n) is 10.5. The summed E-state index contributed by atoms with van der Waals surface area (Å²) in [6, 6.07) is 6.02. The third kappa shape index (κ3) is 4.94. The highest BCUT2D eigenvalue weighted by atomic mass is 32.2. The number of carboxylic acid groups (broad SMARTS) is 1. The molecule has 1 aromatic heterocycles. The van der Waals surface area contributed by atoms with E-state index in [1.807, 2.05) is 18.2 Å². The monoisotopic (exact) mass is 428 g/mol. The first kappa shape index (κ1) is 21.1. The molecule has 0 aliphatic carbocycles. The summed E-state index contributed by atoms with van der Waals surface area (Å²) >= 11 is 1.58. The van der Waals surface area contributed by atoms with Crippen molar-refractivity contribution in [3.63, 3.8) is 0 Å². The second-order valence-corrected chi connectivity index (χ2v) is 9.30. The molecule has 0 amide bonds. The van der Waals surface area contributed by atoms with E-state index in [1.165, 1.54) is 0 Å². The maximum atomic E-state index is 11.0. The average Bonchev–Trinajstić information content (AvgIpc) is 2.76. The van der Waals surface area contributed by atoms with Gasteiger partial charge in [0, 0.05) is 23.8 Å². The number of β-amino-alcohol motifs (C(OH)–C–C–N with tert-alkyl or cyclic N) is 1. The number of aliphatic hydroxyl groups excluding tert-OH is 1. The van der Waals surface area contributed by atoms with Crippen molar-refractivity contribution in [1.29, 1.82) is 0 Å². The predicted molar refractivity (Wildman–Crippen MR) is 116 cm³/mol. The summed E-state index contributed by atoms with van der Waals surface area (Å²) in [4.78, 5) is 23.0. The molecule has 2 atom stereocenters. The molecule has 0 saturated carbocycles. The van der Waals surface area contributed by atoms with Gasteiger partial charge in [-0.05, 0) is 62.4 Å². The fourth-order valence-corrected chi connectivity index (χ4v) is 4.95. The van der Waals surface area contributed by atoms with Crippen LogP contribution in [0.4, 0.5) is 11.5 Å². The number of fused-ring (bicyclic) bond motifs is 2. The van der Waals surface area contributed by atoms with Crippen molar-refractivity contribution >= 4 is 29.2 Å². The molecule has 3 heterocycles. The quantitative estimate of drug-likeness (QED) is 0.521. The number of piperidine rings is 1. The number of nitrogens with zero attached hydrogens (tertiary/aromatic N) is 3. The van der Waals surface area contributed by atoms with Crippen molar-refractivity contribution in [1.82, 2.24) is 14.9 Å². The van der Waals surface area contributed by atoms with Gasteiger partial charge < -0.3 is 20.4 Å². The Bertz CT molecular complexity index is 902. The Morgan fingerprint density at radius 2 is 2.07 bits per heavy atom. The van der Waals surface area contributed by atoms with Gasteiger partial charge in [-0.3, -0.25) is 4.79 Å². The van der Waals surface area contributed by atoms with Crippen LogP contribution in [0.3, 0.4) is 0 Å². The highest BCUT2D eigenvalue weighted by Crippen LogP contribution is 2.42. The number of hydrogen-bond donors (Lipinski definition) is 3. The van der Waals surface area contributed by atoms with Crippen molar-refractivity contribution < 1.29 is 15.0 Å². The van der Waals surface area contributed by atoms with Gasteiger partial charge in [0.15, 0.2) is 5.82 Å². The highest BCUT2D eigenvalue weighted by molar-refractivity contribution is 7.99. The minimum absolute atomic E-state index is 0.265. The molecule has 8 heteroatoms. The SMILES string of the molecule is CC(CCC1CCN(CC(O)c2ccc3c(c2)Nc2nccnc2S3)CC1)C(=O)O. The second-order valence-electron chi connectivity index (χ2n) is 8.27. The molecule has 7 nitrogen and oxygen atoms in total. The summed E-state index contributed by atoms with van der Waals surface area (Å²) < 4.78 is 0. The van der Waals surface area contributed by atoms with Gasteiger partial charge in [0.25, 0.3) is 0 Å². The fraction of sp³-hybridized carbons (Fsp3) is 0.500. The smallest absolute Gasteiger partial charge is 0.306 e. The van der Waals surface area contributed by atoms with Crippen molar-refractivity contribution in [3.05, 3.63) is 36.2 Å². The lowest BCUT2D eigenvalue weighted by Gasteiger charge is -2.33. The Morgan fingerprint density at radius 3 is 2.83 bits per heavy atom. The summed E-state index contributed by atoms with van der Waals surface area (Å²) in [5.74, 6) is 0.370. The summed E-state index contributed by atoms with van der Waals surface area (Å²) in [6.07, 6.45) is 6.66. The first-order chi connectivity index (χ1) is 14.5. The van der Waals surface area contributed by atoms with Gasteiger partial charge in [-0.25, -0.2) is 9.97 Å². The van der Waals surface area contributed by atoms with E-state index in [0.717, 1.165) is 65.8 Å². The molecule has 2 aliphatic heterocycles. The maximum absolute atomic E-state index is 11.0. The van der Waals surface area contributed by atoms with Crippen LogP contribution >= 0.6 is 11.8 Å². The number of anilines is 2. The molecule has 30 heavy (non-hydrogen) atoms. The van der Waals surface area contributed by atoms with Crippen LogP contribution in [0.2, 0.25) is 0 Å². The molecule has 1 aromatic carbocycles. The Labute approximate surface area is 180 Å². The number of rotatable bonds is 7. The van der Waals surface area contributed by atoms with Gasteiger partial charge in [0.2, 0.25) is 0 Å². The predicted octanol–water partition coefficient (Wildman–Crippen LogP) is 3.93. The van der Waals surface area contributed by atoms with Crippen molar-refractivity contribution in [2.45, 2.75) is 48.6 Å². The minimum atomic E-state index is -0.705. The Morgan fingerprint density at radius 1 is 1.30 bits per heavy atom. The lowest BCUT2D eigenvalue weighted by atomic mass is 9.89. The molecule has 4 rings (SSSR count). The van der Waals surface area contributed by atoms with Crippen molar-refractivity contribution in [2.24, 2.45) is 11.8 Å². The molecule has 2 aromatic rings. The normalized spacial score (nSPS) is 18.7. The zero-order chi connectivity index (χ0) is 21.1. The van der Waals surface area contributed by atoms with Crippen LogP contribution in [0.25, 0.3) is 0 Å². The number of carboxylic acids is 1. The first-order valence-corrected chi connectivity index (χ1v) is 11.3. The van der Waals surface area contributed by atoms with E-state index in [-0.39, 0.29) is 5.92 Å². The van der Waals surface area contributed by atoms with E-state index in [4.69, 9.17) is 5.11 Å². The number of carbonyl (C=O) groups is 1. The van der Waals surface area contributed by atoms with Gasteiger partial charge in [-0.1, -0.05) is 24.8 Å². The van der Waals surface area contributed by atoms with E-state index in [9.17, 15) is 9.90 Å². The topological polar surface area (TPSA) is 98.6 Å². The standard InChI is InChI=1S/C22H28N4O3S/c1-14(22(28)29)2-3-15-6-10-26(11-7-15)13-18(27)16-4-5-19-17(12-16)25-20-21(30-19)24-9-8-23-20/h4-5,8-9,12,14-15,18,27H,2-3,6-7,10-11,13H2,1H3,(H,23,25)(H,28,29). The van der Waals surface area contributed by atoms with Crippen molar-refractivity contribution in [2.75, 3.05) is 25.0 Å². The van der Waals surface area contributed by atoms with Crippen LogP contribution in [-0.2, 0) is 4.79 Å². The largest absolute Gasteiger partial charge is 0.481 e. The summed E-state index contributed by atoms with van der Waals surface area (Å²) in [7, 11) is 0. The number of hydrogen-bond acceptors (Lipinski definition) is 7. The molecule has 2 aliphatic rings. The molecule has 3 N–H and O–H groups in total. The Hall–Kier alpha value is -2.16. The van der Waals surface area contributed by atoms with Crippen molar-refractivity contribution in [3.8, 4) is 0 Å². The third-order valence-corrected chi connectivity index (χ3v) is 7.15. The molecule has 0 radical (unpaired) electrons. The van der Waals surface area contributed by atoms with Crippen LogP contribution < -0.4 is 5.32 Å². The van der Waals surface area contributed by atoms with E-state index < -0.39 is 12.1 Å². The zero-order valence-electron chi connectivity index (χ0n) is 17.1. The number of aromatic nitrogens is 2. The number of likely N-dealkylation sites (tertiary alicyclic amines) is 1. The Balaban J connectivity index is 1.29. The zero-order valence-corrected chi connectivity index (χ0v) is 17.9. The number of nitrogens with one attached hydrogen (secondary N) is 1. The second kappa shape index (κ2) is 9.32. The van der Waals surface area contributed by atoms with Crippen LogP contribution in [0, 0.1) is 11.8 Å². The summed E-state index contributed by atoms with van der Waals surface area (Å²) in [6.45, 7) is 4.29. The molecule has 2 unspecified atom stereocenters. The van der Waals surface area contributed by atoms with Crippen LogP contribution in [-0.4, -0.2) is 50.7 Å². The van der Waals surface area contributed by atoms with E-state index >= 15 is 0 Å². The average molecular weight is 429 g/mol. The lowest BCUT2D eigenvalue weighted by Crippen LogP contribution is -2.36. The highest BCUT2D eigenvalue weighted by Gasteiger charge is 2.24. The van der Waals surface area contributed by atoms with Gasteiger partial charge in [-0.2, -0.15) is 0 Å². The van der Waals surface area contributed by atoms with Crippen LogP contribution in [0.1, 0.15) is 44.3 Å². The van der Waals surface area contributed by atoms with E-state index in [0.29, 0.717) is 12.5 Å². The number of aliphatic hydroxyl groups is 1.